The van der Waals surface area contributed by atoms with E-state index in [4.69, 9.17) is 0 Å². The largest absolute Gasteiger partial charge is 0.418 e. The molecule has 0 fully saturated rings. The second-order valence-electron chi connectivity index (χ2n) is 5.31. The Morgan fingerprint density at radius 2 is 1.68 bits per heavy atom. The molecule has 0 saturated carbocycles. The average Bonchev–Trinajstić information content (AvgIpc) is 2.54. The third-order valence-corrected chi connectivity index (χ3v) is 5.17. The van der Waals surface area contributed by atoms with Crippen molar-refractivity contribution in [3.8, 4) is 0 Å². The molecule has 5 nitrogen and oxygen atoms in total. The second kappa shape index (κ2) is 6.85. The zero-order valence-electron chi connectivity index (χ0n) is 13.3. The first-order valence-corrected chi connectivity index (χ1v) is 8.47. The highest BCUT2D eigenvalue weighted by Gasteiger charge is 2.33. The number of anilines is 1. The molecule has 25 heavy (non-hydrogen) atoms. The van der Waals surface area contributed by atoms with Gasteiger partial charge in [-0.1, -0.05) is 18.2 Å². The van der Waals surface area contributed by atoms with Crippen molar-refractivity contribution in [2.45, 2.75) is 11.1 Å². The van der Waals surface area contributed by atoms with E-state index in [1.54, 1.807) is 0 Å². The van der Waals surface area contributed by atoms with Crippen LogP contribution in [-0.2, 0) is 16.2 Å². The summed E-state index contributed by atoms with van der Waals surface area (Å²) >= 11 is 0. The Kier molecular flexibility index (Phi) is 5.19. The van der Waals surface area contributed by atoms with Gasteiger partial charge in [0.25, 0.3) is 5.91 Å². The van der Waals surface area contributed by atoms with Gasteiger partial charge in [-0.3, -0.25) is 4.79 Å². The van der Waals surface area contributed by atoms with Crippen molar-refractivity contribution in [2.24, 2.45) is 0 Å². The lowest BCUT2D eigenvalue weighted by molar-refractivity contribution is -0.136. The van der Waals surface area contributed by atoms with E-state index in [-0.39, 0.29) is 10.5 Å². The van der Waals surface area contributed by atoms with Crippen molar-refractivity contribution >= 4 is 21.6 Å². The van der Waals surface area contributed by atoms with Crippen LogP contribution in [0.15, 0.2) is 53.4 Å². The highest BCUT2D eigenvalue weighted by molar-refractivity contribution is 7.89. The zero-order valence-corrected chi connectivity index (χ0v) is 14.1. The predicted octanol–water partition coefficient (Wildman–Crippen LogP) is 3.21. The van der Waals surface area contributed by atoms with Crippen LogP contribution in [0.2, 0.25) is 0 Å². The molecule has 1 N–H and O–H groups in total. The van der Waals surface area contributed by atoms with E-state index < -0.39 is 33.4 Å². The lowest BCUT2D eigenvalue weighted by Crippen LogP contribution is -2.23. The van der Waals surface area contributed by atoms with Gasteiger partial charge in [0, 0.05) is 19.7 Å². The van der Waals surface area contributed by atoms with Gasteiger partial charge in [0.15, 0.2) is 0 Å². The van der Waals surface area contributed by atoms with Gasteiger partial charge in [0.2, 0.25) is 10.0 Å². The number of alkyl halides is 3. The van der Waals surface area contributed by atoms with Crippen LogP contribution in [0.3, 0.4) is 0 Å². The number of benzene rings is 2. The summed E-state index contributed by atoms with van der Waals surface area (Å²) < 4.78 is 64.1. The summed E-state index contributed by atoms with van der Waals surface area (Å²) in [6.45, 7) is 0. The molecular formula is C16H15F3N2O3S. The normalized spacial score (nSPS) is 12.2. The molecule has 9 heteroatoms. The highest BCUT2D eigenvalue weighted by atomic mass is 32.2. The van der Waals surface area contributed by atoms with Gasteiger partial charge in [-0.05, 0) is 30.3 Å². The van der Waals surface area contributed by atoms with Crippen LogP contribution in [0.4, 0.5) is 18.9 Å². The average molecular weight is 372 g/mol. The number of nitrogens with one attached hydrogen (secondary N) is 1. The second-order valence-corrected chi connectivity index (χ2v) is 7.46. The van der Waals surface area contributed by atoms with Crippen LogP contribution in [-0.4, -0.2) is 32.7 Å². The van der Waals surface area contributed by atoms with E-state index in [0.29, 0.717) is 0 Å². The van der Waals surface area contributed by atoms with E-state index in [2.05, 4.69) is 5.32 Å². The minimum Gasteiger partial charge on any atom is -0.321 e. The third-order valence-electron chi connectivity index (χ3n) is 3.36. The Morgan fingerprint density at radius 3 is 2.28 bits per heavy atom. The van der Waals surface area contributed by atoms with E-state index in [1.165, 1.54) is 44.4 Å². The maximum absolute atomic E-state index is 13.0. The Hall–Kier alpha value is -2.39. The molecule has 1 amide bonds. The third kappa shape index (κ3) is 4.18. The maximum Gasteiger partial charge on any atom is 0.418 e. The zero-order chi connectivity index (χ0) is 18.8. The Morgan fingerprint density at radius 1 is 1.04 bits per heavy atom. The summed E-state index contributed by atoms with van der Waals surface area (Å²) in [6.07, 6.45) is -4.63. The maximum atomic E-state index is 13.0. The summed E-state index contributed by atoms with van der Waals surface area (Å²) in [6, 6.07) is 9.63. The van der Waals surface area contributed by atoms with Gasteiger partial charge in [-0.2, -0.15) is 13.2 Å². The van der Waals surface area contributed by atoms with Crippen LogP contribution >= 0.6 is 0 Å². The number of carbonyl (C=O) groups is 1. The predicted molar refractivity (Wildman–Crippen MR) is 86.7 cm³/mol. The van der Waals surface area contributed by atoms with Crippen molar-refractivity contribution in [2.75, 3.05) is 19.4 Å². The number of rotatable bonds is 4. The minimum absolute atomic E-state index is 0.0695. The first-order valence-electron chi connectivity index (χ1n) is 7.03. The number of carbonyl (C=O) groups excluding carboxylic acids is 1. The van der Waals surface area contributed by atoms with Gasteiger partial charge >= 0.3 is 6.18 Å². The van der Waals surface area contributed by atoms with Gasteiger partial charge < -0.3 is 5.32 Å². The monoisotopic (exact) mass is 372 g/mol. The molecule has 0 aliphatic rings. The first kappa shape index (κ1) is 18.9. The molecule has 0 aliphatic heterocycles. The van der Waals surface area contributed by atoms with Gasteiger partial charge in [0.05, 0.1) is 16.1 Å². The molecular weight excluding hydrogens is 357 g/mol. The lowest BCUT2D eigenvalue weighted by Gasteiger charge is -2.14. The fourth-order valence-corrected chi connectivity index (χ4v) is 2.99. The van der Waals surface area contributed by atoms with Crippen molar-refractivity contribution < 1.29 is 26.4 Å². The molecule has 2 rings (SSSR count). The number of para-hydroxylation sites is 1. The van der Waals surface area contributed by atoms with Crippen LogP contribution in [0.5, 0.6) is 0 Å². The topological polar surface area (TPSA) is 66.5 Å². The Bertz CT molecular complexity index is 893. The summed E-state index contributed by atoms with van der Waals surface area (Å²) in [4.78, 5) is 12.1. The lowest BCUT2D eigenvalue weighted by atomic mass is 10.1. The van der Waals surface area contributed by atoms with E-state index in [9.17, 15) is 26.4 Å². The highest BCUT2D eigenvalue weighted by Crippen LogP contribution is 2.34. The molecule has 0 bridgehead atoms. The fourth-order valence-electron chi connectivity index (χ4n) is 2.04. The summed E-state index contributed by atoms with van der Waals surface area (Å²) in [5.41, 5.74) is -1.46. The molecule has 2 aromatic carbocycles. The molecule has 0 radical (unpaired) electrons. The number of hydrogen-bond donors (Lipinski definition) is 1. The first-order chi connectivity index (χ1) is 11.5. The molecule has 0 aliphatic carbocycles. The minimum atomic E-state index is -4.63. The van der Waals surface area contributed by atoms with Crippen molar-refractivity contribution in [1.29, 1.82) is 0 Å². The SMILES string of the molecule is CN(C)S(=O)(=O)c1cccc(C(=O)Nc2ccccc2C(F)(F)F)c1. The van der Waals surface area contributed by atoms with Crippen molar-refractivity contribution in [3.05, 3.63) is 59.7 Å². The molecule has 134 valence electrons. The molecule has 0 unspecified atom stereocenters. The standard InChI is InChI=1S/C16H15F3N2O3S/c1-21(2)25(23,24)12-7-5-6-11(10-12)15(22)20-14-9-4-3-8-13(14)16(17,18)19/h3-10H,1-2H3,(H,20,22). The number of amides is 1. The summed E-state index contributed by atoms with van der Waals surface area (Å²) in [5.74, 6) is -0.840. The number of nitrogens with zero attached hydrogens (tertiary/aromatic N) is 1. The number of halogens is 3. The van der Waals surface area contributed by atoms with E-state index in [0.717, 1.165) is 22.5 Å². The number of sulfonamides is 1. The Labute approximate surface area is 143 Å². The van der Waals surface area contributed by atoms with E-state index >= 15 is 0 Å². The van der Waals surface area contributed by atoms with Gasteiger partial charge in [-0.15, -0.1) is 0 Å². The van der Waals surface area contributed by atoms with Crippen LogP contribution in [0.1, 0.15) is 15.9 Å². The summed E-state index contributed by atoms with van der Waals surface area (Å²) in [5, 5.41) is 2.17. The molecule has 0 heterocycles. The van der Waals surface area contributed by atoms with Crippen LogP contribution in [0.25, 0.3) is 0 Å². The molecule has 0 atom stereocenters. The molecule has 2 aromatic rings. The van der Waals surface area contributed by atoms with E-state index in [1.807, 2.05) is 0 Å². The van der Waals surface area contributed by atoms with Crippen LogP contribution < -0.4 is 5.32 Å². The van der Waals surface area contributed by atoms with Gasteiger partial charge in [-0.25, -0.2) is 12.7 Å². The molecule has 0 saturated heterocycles. The fraction of sp³-hybridized carbons (Fsp3) is 0.188. The van der Waals surface area contributed by atoms with Crippen LogP contribution in [0, 0.1) is 0 Å². The molecule has 0 aromatic heterocycles. The Balaban J connectivity index is 2.35. The van der Waals surface area contributed by atoms with Crippen molar-refractivity contribution in [1.82, 2.24) is 4.31 Å². The molecule has 0 spiro atoms. The van der Waals surface area contributed by atoms with Gasteiger partial charge in [0.1, 0.15) is 0 Å². The quantitative estimate of drug-likeness (QED) is 0.896. The summed E-state index contributed by atoms with van der Waals surface area (Å²) in [7, 11) is -1.09. The number of hydrogen-bond acceptors (Lipinski definition) is 3. The van der Waals surface area contributed by atoms with Crippen molar-refractivity contribution in [3.63, 3.8) is 0 Å². The smallest absolute Gasteiger partial charge is 0.321 e.